The minimum Gasteiger partial charge on any atom is -0.444 e. The molecule has 5 nitrogen and oxygen atoms in total. The van der Waals surface area contributed by atoms with Crippen LogP contribution in [-0.2, 0) is 14.0 Å². The summed E-state index contributed by atoms with van der Waals surface area (Å²) in [7, 11) is -2.21. The number of hydrogen-bond donors (Lipinski definition) is 0. The molecule has 0 saturated carbocycles. The van der Waals surface area contributed by atoms with Gasteiger partial charge in [0.25, 0.3) is 0 Å². The molecule has 0 aliphatic carbocycles. The molecule has 1 aromatic carbocycles. The molecule has 29 heavy (non-hydrogen) atoms. The molecule has 1 rings (SSSR count). The van der Waals surface area contributed by atoms with Gasteiger partial charge < -0.3 is 14.0 Å². The van der Waals surface area contributed by atoms with Gasteiger partial charge in [0.2, 0.25) is 0 Å². The molecule has 0 heterocycles. The summed E-state index contributed by atoms with van der Waals surface area (Å²) in [6, 6.07) is 5.20. The van der Waals surface area contributed by atoms with E-state index in [1.165, 1.54) is 4.90 Å². The molecule has 164 valence electrons. The molecule has 0 aliphatic heterocycles. The van der Waals surface area contributed by atoms with Crippen molar-refractivity contribution in [2.24, 2.45) is 0 Å². The van der Waals surface area contributed by atoms with Crippen LogP contribution in [0.25, 0.3) is 0 Å². The molecule has 0 aliphatic rings. The summed E-state index contributed by atoms with van der Waals surface area (Å²) in [6.07, 6.45) is -0.390. The van der Waals surface area contributed by atoms with Crippen molar-refractivity contribution in [1.29, 1.82) is 0 Å². The molecule has 1 amide bonds. The van der Waals surface area contributed by atoms with Gasteiger partial charge in [0, 0.05) is 10.0 Å². The van der Waals surface area contributed by atoms with Crippen LogP contribution in [0, 0.1) is 0 Å². The standard InChI is InChI=1S/C21H33Cl2NO4Si/c1-20(2,3)27-19(26)24(9-10-25)14-18(28-29(7,8)21(4,5)6)15-11-16(22)13-17(23)12-15/h10-13,18H,9,14H2,1-8H3. The summed E-state index contributed by atoms with van der Waals surface area (Å²) in [4.78, 5) is 25.2. The number of aldehydes is 1. The number of nitrogens with zero attached hydrogens (tertiary/aromatic N) is 1. The third-order valence-electron chi connectivity index (χ3n) is 4.83. The van der Waals surface area contributed by atoms with Crippen molar-refractivity contribution in [3.8, 4) is 0 Å². The molecule has 0 saturated heterocycles. The summed E-state index contributed by atoms with van der Waals surface area (Å²) < 4.78 is 12.1. The molecule has 0 radical (unpaired) electrons. The van der Waals surface area contributed by atoms with E-state index >= 15 is 0 Å². The lowest BCUT2D eigenvalue weighted by atomic mass is 10.1. The summed E-state index contributed by atoms with van der Waals surface area (Å²) >= 11 is 12.4. The van der Waals surface area contributed by atoms with Crippen LogP contribution in [0.1, 0.15) is 53.2 Å². The van der Waals surface area contributed by atoms with Crippen molar-refractivity contribution in [1.82, 2.24) is 4.90 Å². The number of carbonyl (C=O) groups excluding carboxylic acids is 2. The monoisotopic (exact) mass is 461 g/mol. The van der Waals surface area contributed by atoms with Gasteiger partial charge in [-0.2, -0.15) is 0 Å². The smallest absolute Gasteiger partial charge is 0.410 e. The van der Waals surface area contributed by atoms with Gasteiger partial charge >= 0.3 is 6.09 Å². The molecule has 0 spiro atoms. The number of amides is 1. The molecule has 1 unspecified atom stereocenters. The van der Waals surface area contributed by atoms with Crippen molar-refractivity contribution in [3.05, 3.63) is 33.8 Å². The van der Waals surface area contributed by atoms with Crippen molar-refractivity contribution in [3.63, 3.8) is 0 Å². The number of ether oxygens (including phenoxy) is 1. The number of hydrogen-bond acceptors (Lipinski definition) is 4. The molecular formula is C21H33Cl2NO4Si. The first-order valence-electron chi connectivity index (χ1n) is 9.61. The van der Waals surface area contributed by atoms with E-state index in [0.29, 0.717) is 16.3 Å². The Morgan fingerprint density at radius 3 is 2.03 bits per heavy atom. The maximum atomic E-state index is 12.7. The van der Waals surface area contributed by atoms with E-state index in [0.717, 1.165) is 5.56 Å². The van der Waals surface area contributed by atoms with Gasteiger partial charge in [0.05, 0.1) is 19.2 Å². The van der Waals surface area contributed by atoms with Crippen molar-refractivity contribution < 1.29 is 18.8 Å². The summed E-state index contributed by atoms with van der Waals surface area (Å²) in [5.74, 6) is 0. The zero-order chi connectivity index (χ0) is 22.6. The van der Waals surface area contributed by atoms with Crippen LogP contribution < -0.4 is 0 Å². The largest absolute Gasteiger partial charge is 0.444 e. The van der Waals surface area contributed by atoms with Gasteiger partial charge in [-0.15, -0.1) is 0 Å². The van der Waals surface area contributed by atoms with Crippen molar-refractivity contribution in [2.75, 3.05) is 13.1 Å². The first kappa shape index (κ1) is 26.0. The van der Waals surface area contributed by atoms with Crippen LogP contribution in [0.15, 0.2) is 18.2 Å². The van der Waals surface area contributed by atoms with Gasteiger partial charge in [0.1, 0.15) is 11.9 Å². The van der Waals surface area contributed by atoms with Crippen LogP contribution in [0.3, 0.4) is 0 Å². The van der Waals surface area contributed by atoms with E-state index in [-0.39, 0.29) is 18.1 Å². The fourth-order valence-corrected chi connectivity index (χ4v) is 4.16. The predicted octanol–water partition coefficient (Wildman–Crippen LogP) is 6.49. The fourth-order valence-electron chi connectivity index (χ4n) is 2.34. The second-order valence-corrected chi connectivity index (χ2v) is 15.3. The van der Waals surface area contributed by atoms with E-state index in [4.69, 9.17) is 32.4 Å². The zero-order valence-electron chi connectivity index (χ0n) is 18.6. The topological polar surface area (TPSA) is 55.8 Å². The van der Waals surface area contributed by atoms with Crippen molar-refractivity contribution >= 4 is 43.9 Å². The molecular weight excluding hydrogens is 429 g/mol. The number of benzene rings is 1. The minimum atomic E-state index is -2.21. The third-order valence-corrected chi connectivity index (χ3v) is 9.76. The highest BCUT2D eigenvalue weighted by Gasteiger charge is 2.40. The summed E-state index contributed by atoms with van der Waals surface area (Å²) in [5, 5.41) is 0.917. The first-order valence-corrected chi connectivity index (χ1v) is 13.3. The lowest BCUT2D eigenvalue weighted by Gasteiger charge is -2.40. The van der Waals surface area contributed by atoms with Gasteiger partial charge in [-0.05, 0) is 62.7 Å². The van der Waals surface area contributed by atoms with E-state index in [1.54, 1.807) is 39.0 Å². The number of halogens is 2. The Bertz CT molecular complexity index is 706. The van der Waals surface area contributed by atoms with Crippen LogP contribution in [0.5, 0.6) is 0 Å². The SMILES string of the molecule is CC(C)(C)OC(=O)N(CC=O)CC(O[Si](C)(C)C(C)(C)C)c1cc(Cl)cc(Cl)c1. The zero-order valence-corrected chi connectivity index (χ0v) is 21.1. The van der Waals surface area contributed by atoms with Crippen molar-refractivity contribution in [2.45, 2.75) is 71.4 Å². The van der Waals surface area contributed by atoms with E-state index in [9.17, 15) is 9.59 Å². The maximum Gasteiger partial charge on any atom is 0.410 e. The Morgan fingerprint density at radius 2 is 1.62 bits per heavy atom. The fraction of sp³-hybridized carbons (Fsp3) is 0.619. The third kappa shape index (κ3) is 8.28. The van der Waals surface area contributed by atoms with E-state index in [2.05, 4.69) is 33.9 Å². The predicted molar refractivity (Wildman–Crippen MR) is 121 cm³/mol. The lowest BCUT2D eigenvalue weighted by molar-refractivity contribution is -0.109. The quantitative estimate of drug-likeness (QED) is 0.343. The second kappa shape index (κ2) is 9.82. The molecule has 1 aromatic rings. The normalized spacial score (nSPS) is 13.7. The van der Waals surface area contributed by atoms with Crippen LogP contribution in [0.2, 0.25) is 28.2 Å². The Kier molecular flexibility index (Phi) is 8.78. The van der Waals surface area contributed by atoms with Crippen LogP contribution in [0.4, 0.5) is 4.79 Å². The minimum absolute atomic E-state index is 0.0466. The number of carbonyl (C=O) groups is 2. The van der Waals surface area contributed by atoms with Gasteiger partial charge in [-0.1, -0.05) is 44.0 Å². The lowest BCUT2D eigenvalue weighted by Crippen LogP contribution is -2.46. The van der Waals surface area contributed by atoms with Crippen LogP contribution >= 0.6 is 23.2 Å². The Labute approximate surface area is 185 Å². The average Bonchev–Trinajstić information content (AvgIpc) is 2.49. The van der Waals surface area contributed by atoms with E-state index < -0.39 is 26.1 Å². The average molecular weight is 462 g/mol. The Morgan fingerprint density at radius 1 is 1.10 bits per heavy atom. The first-order chi connectivity index (χ1) is 13.1. The highest BCUT2D eigenvalue weighted by atomic mass is 35.5. The molecule has 0 aromatic heterocycles. The van der Waals surface area contributed by atoms with Gasteiger partial charge in [0.15, 0.2) is 8.32 Å². The highest BCUT2D eigenvalue weighted by molar-refractivity contribution is 6.74. The Balaban J connectivity index is 3.30. The molecule has 0 N–H and O–H groups in total. The summed E-state index contributed by atoms with van der Waals surface area (Å²) in [5.41, 5.74) is 0.0830. The second-order valence-electron chi connectivity index (χ2n) is 9.62. The molecule has 8 heteroatoms. The van der Waals surface area contributed by atoms with Gasteiger partial charge in [-0.25, -0.2) is 4.79 Å². The molecule has 1 atom stereocenters. The summed E-state index contributed by atoms with van der Waals surface area (Å²) in [6.45, 7) is 16.1. The molecule has 0 fully saturated rings. The maximum absolute atomic E-state index is 12.7. The van der Waals surface area contributed by atoms with Crippen LogP contribution in [-0.4, -0.2) is 44.3 Å². The number of rotatable bonds is 7. The molecule has 0 bridgehead atoms. The van der Waals surface area contributed by atoms with E-state index in [1.807, 2.05) is 0 Å². The van der Waals surface area contributed by atoms with Gasteiger partial charge in [-0.3, -0.25) is 4.90 Å². The Hall–Kier alpha value is -1.08. The highest BCUT2D eigenvalue weighted by Crippen LogP contribution is 2.40.